The van der Waals surface area contributed by atoms with Crippen LogP contribution in [0.15, 0.2) is 79.1 Å². The van der Waals surface area contributed by atoms with Crippen molar-refractivity contribution in [1.29, 1.82) is 0 Å². The second kappa shape index (κ2) is 11.3. The van der Waals surface area contributed by atoms with Gasteiger partial charge in [-0.1, -0.05) is 30.3 Å². The van der Waals surface area contributed by atoms with E-state index in [0.29, 0.717) is 43.1 Å². The third-order valence-corrected chi connectivity index (χ3v) is 8.90. The van der Waals surface area contributed by atoms with E-state index in [0.717, 1.165) is 51.4 Å². The second-order valence-electron chi connectivity index (χ2n) is 12.1. The van der Waals surface area contributed by atoms with Crippen LogP contribution in [0.2, 0.25) is 0 Å². The van der Waals surface area contributed by atoms with E-state index in [1.165, 1.54) is 4.90 Å². The monoisotopic (exact) mass is 619 g/mol. The van der Waals surface area contributed by atoms with Gasteiger partial charge in [0.1, 0.15) is 28.9 Å². The Bertz CT molecular complexity index is 2090. The van der Waals surface area contributed by atoms with Crippen LogP contribution in [0, 0.1) is 0 Å². The van der Waals surface area contributed by atoms with Crippen LogP contribution in [-0.2, 0) is 13.1 Å². The molecule has 1 fully saturated rings. The van der Waals surface area contributed by atoms with Crippen molar-refractivity contribution < 1.29 is 18.7 Å². The van der Waals surface area contributed by atoms with Crippen LogP contribution in [0.5, 0.6) is 11.5 Å². The first-order valence-corrected chi connectivity index (χ1v) is 15.6. The van der Waals surface area contributed by atoms with E-state index in [2.05, 4.69) is 32.4 Å². The van der Waals surface area contributed by atoms with Gasteiger partial charge in [-0.05, 0) is 49.2 Å². The van der Waals surface area contributed by atoms with E-state index >= 15 is 0 Å². The number of ether oxygens (including phenoxy) is 2. The first-order chi connectivity index (χ1) is 22.5. The van der Waals surface area contributed by atoms with Crippen molar-refractivity contribution >= 4 is 27.8 Å². The molecule has 0 saturated carbocycles. The lowest BCUT2D eigenvalue weighted by molar-refractivity contribution is 0.0606. The molecule has 3 aromatic carbocycles. The molecule has 0 spiro atoms. The number of hydrogen-bond acceptors (Lipinski definition) is 6. The van der Waals surface area contributed by atoms with Gasteiger partial charge in [0.05, 0.1) is 44.2 Å². The maximum atomic E-state index is 14.4. The van der Waals surface area contributed by atoms with Crippen molar-refractivity contribution in [3.05, 3.63) is 90.3 Å². The fraction of sp³-hybridized carbons (Fsp3) is 0.286. The Morgan fingerprint density at radius 2 is 1.91 bits per heavy atom. The highest BCUT2D eigenvalue weighted by molar-refractivity contribution is 6.00. The largest absolute Gasteiger partial charge is 0.494 e. The van der Waals surface area contributed by atoms with Crippen LogP contribution in [0.1, 0.15) is 28.8 Å². The second-order valence-corrected chi connectivity index (χ2v) is 12.1. The molecule has 2 atom stereocenters. The van der Waals surface area contributed by atoms with Crippen LogP contribution < -0.4 is 15.2 Å². The number of amides is 1. The van der Waals surface area contributed by atoms with Gasteiger partial charge >= 0.3 is 0 Å². The minimum absolute atomic E-state index is 0.0174. The van der Waals surface area contributed by atoms with Gasteiger partial charge in [-0.15, -0.1) is 0 Å². The van der Waals surface area contributed by atoms with E-state index in [9.17, 15) is 9.18 Å². The molecule has 8 rings (SSSR count). The Balaban J connectivity index is 1.33. The number of nitrogens with two attached hydrogens (primary N) is 1. The summed E-state index contributed by atoms with van der Waals surface area (Å²) in [4.78, 5) is 20.3. The summed E-state index contributed by atoms with van der Waals surface area (Å²) in [7, 11) is 1.59. The molecule has 234 valence electrons. The molecule has 1 amide bonds. The van der Waals surface area contributed by atoms with Gasteiger partial charge in [-0.25, -0.2) is 14.1 Å². The number of methoxy groups -OCH3 is 1. The molecule has 11 heteroatoms. The van der Waals surface area contributed by atoms with E-state index < -0.39 is 12.2 Å². The van der Waals surface area contributed by atoms with Crippen molar-refractivity contribution in [1.82, 2.24) is 28.8 Å². The maximum absolute atomic E-state index is 14.4. The molecule has 10 nitrogen and oxygen atoms in total. The summed E-state index contributed by atoms with van der Waals surface area (Å²) >= 11 is 0. The average molecular weight is 620 g/mol. The molecule has 2 N–H and O–H groups in total. The number of aryl methyl sites for hydroxylation is 1. The number of hydrogen-bond donors (Lipinski definition) is 1. The zero-order valence-electron chi connectivity index (χ0n) is 25.5. The Hall–Kier alpha value is -5.16. The van der Waals surface area contributed by atoms with Gasteiger partial charge in [0.15, 0.2) is 5.82 Å². The maximum Gasteiger partial charge on any atom is 0.254 e. The first kappa shape index (κ1) is 28.3. The number of alkyl halides is 1. The molecule has 5 heterocycles. The van der Waals surface area contributed by atoms with Gasteiger partial charge in [0, 0.05) is 47.4 Å². The van der Waals surface area contributed by atoms with E-state index in [-0.39, 0.29) is 18.9 Å². The molecule has 3 aromatic heterocycles. The number of imidazole rings is 1. The molecule has 2 aliphatic heterocycles. The van der Waals surface area contributed by atoms with Crippen LogP contribution in [0.3, 0.4) is 0 Å². The number of nitrogens with zero attached hydrogens (tertiary/aromatic N) is 6. The van der Waals surface area contributed by atoms with Crippen molar-refractivity contribution in [2.45, 2.75) is 38.1 Å². The predicted molar refractivity (Wildman–Crippen MR) is 173 cm³/mol. The summed E-state index contributed by atoms with van der Waals surface area (Å²) in [5.74, 6) is 1.73. The number of carbonyl (C=O) groups excluding carboxylic acids is 1. The zero-order chi connectivity index (χ0) is 31.4. The van der Waals surface area contributed by atoms with Gasteiger partial charge in [0.25, 0.3) is 5.91 Å². The molecule has 0 aliphatic carbocycles. The Kier molecular flexibility index (Phi) is 6.97. The average Bonchev–Trinajstić information content (AvgIpc) is 3.77. The van der Waals surface area contributed by atoms with Crippen LogP contribution in [0.4, 0.5) is 4.39 Å². The number of aromatic nitrogens is 5. The molecule has 6 aromatic rings. The van der Waals surface area contributed by atoms with Crippen molar-refractivity contribution in [3.8, 4) is 28.7 Å². The normalized spacial score (nSPS) is 18.4. The number of rotatable bonds is 2. The minimum Gasteiger partial charge on any atom is -0.494 e. The number of para-hydroxylation sites is 3. The Morgan fingerprint density at radius 3 is 2.78 bits per heavy atom. The van der Waals surface area contributed by atoms with Crippen LogP contribution in [0.25, 0.3) is 39.1 Å². The topological polar surface area (TPSA) is 105 Å². The summed E-state index contributed by atoms with van der Waals surface area (Å²) in [5, 5.41) is 5.79. The van der Waals surface area contributed by atoms with Crippen molar-refractivity contribution in [2.24, 2.45) is 5.73 Å². The van der Waals surface area contributed by atoms with Crippen molar-refractivity contribution in [3.63, 3.8) is 0 Å². The molecule has 2 bridgehead atoms. The van der Waals surface area contributed by atoms with Gasteiger partial charge < -0.3 is 29.2 Å². The molecule has 1 saturated heterocycles. The highest BCUT2D eigenvalue weighted by Crippen LogP contribution is 2.36. The molecule has 2 aliphatic rings. The lowest BCUT2D eigenvalue weighted by Gasteiger charge is -2.33. The standard InChI is InChI=1S/C35H34FN7O3/c1-45-32-15-24(35(44)40-20-25(36)16-26(37)21-40)13-27-33(32)42-18-22-17-38-43(19-22)29-9-4-5-10-31(29)46-12-6-11-41-28-8-3-2-7-23(28)14-30(41)34(42)39-27/h2-5,7-10,13-15,17,19,25-26H,6,11-12,16,18,20-21,37H2,1H3/t25-,26-/m1/s1. The van der Waals surface area contributed by atoms with E-state index in [1.54, 1.807) is 19.2 Å². The summed E-state index contributed by atoms with van der Waals surface area (Å²) in [5.41, 5.74) is 11.7. The van der Waals surface area contributed by atoms with Crippen LogP contribution >= 0.6 is 0 Å². The Morgan fingerprint density at radius 1 is 1.07 bits per heavy atom. The summed E-state index contributed by atoms with van der Waals surface area (Å²) in [6, 6.07) is 21.5. The quantitative estimate of drug-likeness (QED) is 0.286. The zero-order valence-corrected chi connectivity index (χ0v) is 25.5. The van der Waals surface area contributed by atoms with E-state index in [1.807, 2.05) is 53.5 Å². The highest BCUT2D eigenvalue weighted by Gasteiger charge is 2.30. The lowest BCUT2D eigenvalue weighted by atomic mass is 10.0. The summed E-state index contributed by atoms with van der Waals surface area (Å²) < 4.78 is 32.9. The van der Waals surface area contributed by atoms with Gasteiger partial charge in [-0.2, -0.15) is 5.10 Å². The lowest BCUT2D eigenvalue weighted by Crippen LogP contribution is -2.50. The summed E-state index contributed by atoms with van der Waals surface area (Å²) in [6.45, 7) is 1.99. The molecule has 0 radical (unpaired) electrons. The number of piperidine rings is 1. The smallest absolute Gasteiger partial charge is 0.254 e. The van der Waals surface area contributed by atoms with Gasteiger partial charge in [-0.3, -0.25) is 4.79 Å². The number of likely N-dealkylation sites (tertiary alicyclic amines) is 1. The predicted octanol–water partition coefficient (Wildman–Crippen LogP) is 5.19. The number of fused-ring (bicyclic) bond motifs is 11. The number of carbonyl (C=O) groups is 1. The van der Waals surface area contributed by atoms with Crippen LogP contribution in [-0.4, -0.2) is 73.7 Å². The molecular formula is C35H34FN7O3. The third-order valence-electron chi connectivity index (χ3n) is 8.90. The van der Waals surface area contributed by atoms with Gasteiger partial charge in [0.2, 0.25) is 0 Å². The minimum atomic E-state index is -1.15. The fourth-order valence-corrected chi connectivity index (χ4v) is 6.85. The fourth-order valence-electron chi connectivity index (χ4n) is 6.85. The number of halogens is 1. The molecular weight excluding hydrogens is 585 g/mol. The third kappa shape index (κ3) is 4.87. The highest BCUT2D eigenvalue weighted by atomic mass is 19.1. The SMILES string of the molecule is COc1cc(C(=O)N2C[C@H](N)C[C@@H](F)C2)cc2nc3n(c12)Cc1cnn(c1)-c1ccccc1OCCCn1c-3cc2ccccc21. The van der Waals surface area contributed by atoms with Crippen molar-refractivity contribution in [2.75, 3.05) is 26.8 Å². The molecule has 0 unspecified atom stereocenters. The molecule has 46 heavy (non-hydrogen) atoms. The summed E-state index contributed by atoms with van der Waals surface area (Å²) in [6.07, 6.45) is 3.71. The number of benzene rings is 3. The first-order valence-electron chi connectivity index (χ1n) is 15.6. The Labute approximate surface area is 264 Å². The van der Waals surface area contributed by atoms with E-state index in [4.69, 9.17) is 20.2 Å².